The summed E-state index contributed by atoms with van der Waals surface area (Å²) in [4.78, 5) is 2.20. The second-order valence-electron chi connectivity index (χ2n) is 2.13. The summed E-state index contributed by atoms with van der Waals surface area (Å²) in [6, 6.07) is 0. The van der Waals surface area contributed by atoms with Crippen LogP contribution in [0.1, 0.15) is 0 Å². The van der Waals surface area contributed by atoms with Gasteiger partial charge in [-0.15, -0.1) is 0 Å². The standard InChI is InChI=1S/C4H10IN2.Al.2H/c1-7(2)4-3-6-5;;;/h3-4H2,1-2H3;;;/q-1;+1;;. The van der Waals surface area contributed by atoms with Crippen LogP contribution in [-0.4, -0.2) is 50.7 Å². The quantitative estimate of drug-likeness (QED) is 0.382. The third-order valence-corrected chi connectivity index (χ3v) is 1.78. The molecule has 8 heavy (non-hydrogen) atoms. The first-order valence-corrected chi connectivity index (χ1v) is 4.50. The highest BCUT2D eigenvalue weighted by Crippen LogP contribution is 1.89. The van der Waals surface area contributed by atoms with E-state index in [1.165, 1.54) is 29.6 Å². The molecule has 0 N–H and O–H groups in total. The SMILES string of the molecule is CN(C)CC[N]([AlH2])I. The van der Waals surface area contributed by atoms with E-state index >= 15 is 0 Å². The summed E-state index contributed by atoms with van der Waals surface area (Å²) in [6.07, 6.45) is 0. The zero-order chi connectivity index (χ0) is 6.57. The molecule has 0 saturated carbocycles. The molecule has 0 saturated heterocycles. The topological polar surface area (TPSA) is 6.48 Å². The van der Waals surface area contributed by atoms with E-state index in [1.54, 1.807) is 0 Å². The highest BCUT2D eigenvalue weighted by atomic mass is 127. The zero-order valence-corrected chi connectivity index (χ0v) is 9.84. The third-order valence-electron chi connectivity index (χ3n) is 0.855. The lowest BCUT2D eigenvalue weighted by molar-refractivity contribution is 0.399. The average molecular weight is 242 g/mol. The van der Waals surface area contributed by atoms with E-state index in [0.29, 0.717) is 0 Å². The summed E-state index contributed by atoms with van der Waals surface area (Å²) in [6.45, 7) is 2.37. The molecule has 48 valence electrons. The number of hydrogen-bond acceptors (Lipinski definition) is 2. The number of rotatable bonds is 3. The van der Waals surface area contributed by atoms with Crippen molar-refractivity contribution in [3.05, 3.63) is 0 Å². The predicted octanol–water partition coefficient (Wildman–Crippen LogP) is -0.252. The summed E-state index contributed by atoms with van der Waals surface area (Å²) in [5.74, 6) is 0. The fourth-order valence-corrected chi connectivity index (χ4v) is 0.754. The Morgan fingerprint density at radius 1 is 1.38 bits per heavy atom. The first kappa shape index (κ1) is 9.18. The number of likely N-dealkylation sites (N-methyl/N-ethyl adjacent to an activating group) is 1. The molecule has 0 unspecified atom stereocenters. The largest absolute Gasteiger partial charge is 0.335 e. The molecule has 0 aromatic carbocycles. The van der Waals surface area contributed by atoms with Crippen LogP contribution in [0, 0.1) is 0 Å². The van der Waals surface area contributed by atoms with Gasteiger partial charge in [0.25, 0.3) is 0 Å². The Hall–Kier alpha value is 1.18. The Balaban J connectivity index is 2.93. The minimum atomic E-state index is 1.17. The summed E-state index contributed by atoms with van der Waals surface area (Å²) >= 11 is 3.51. The average Bonchev–Trinajstić information content (AvgIpc) is 1.61. The van der Waals surface area contributed by atoms with Gasteiger partial charge in [-0.2, -0.15) is 0 Å². The third kappa shape index (κ3) is 7.18. The van der Waals surface area contributed by atoms with Crippen LogP contribution in [0.15, 0.2) is 0 Å². The monoisotopic (exact) mass is 242 g/mol. The molecular formula is C4H12AlIN2. The minimum absolute atomic E-state index is 1.17. The molecule has 0 rings (SSSR count). The van der Waals surface area contributed by atoms with Crippen molar-refractivity contribution in [2.75, 3.05) is 27.2 Å². The molecule has 0 bridgehead atoms. The van der Waals surface area contributed by atoms with Crippen LogP contribution in [0.4, 0.5) is 0 Å². The summed E-state index contributed by atoms with van der Waals surface area (Å²) < 4.78 is 2.29. The van der Waals surface area contributed by atoms with Crippen LogP contribution in [0.5, 0.6) is 0 Å². The molecule has 0 aliphatic carbocycles. The number of hydrogen-bond donors (Lipinski definition) is 0. The van der Waals surface area contributed by atoms with Gasteiger partial charge in [-0.05, 0) is 43.5 Å². The molecule has 0 aromatic heterocycles. The number of halogens is 1. The van der Waals surface area contributed by atoms with Crippen molar-refractivity contribution in [2.45, 2.75) is 0 Å². The number of nitrogens with zero attached hydrogens (tertiary/aromatic N) is 2. The molecule has 4 heteroatoms. The van der Waals surface area contributed by atoms with Gasteiger partial charge in [0, 0.05) is 6.54 Å². The van der Waals surface area contributed by atoms with Crippen LogP contribution in [0.3, 0.4) is 0 Å². The van der Waals surface area contributed by atoms with E-state index in [0.717, 1.165) is 0 Å². The van der Waals surface area contributed by atoms with Crippen molar-refractivity contribution in [3.63, 3.8) is 0 Å². The first-order chi connectivity index (χ1) is 3.63. The molecule has 0 heterocycles. The molecule has 0 aliphatic heterocycles. The van der Waals surface area contributed by atoms with Gasteiger partial charge in [-0.25, -0.2) is 0 Å². The van der Waals surface area contributed by atoms with E-state index in [-0.39, 0.29) is 0 Å². The molecule has 0 atom stereocenters. The molecule has 0 radical (unpaired) electrons. The summed E-state index contributed by atoms with van der Waals surface area (Å²) in [5.41, 5.74) is 0. The van der Waals surface area contributed by atoms with E-state index in [1.807, 2.05) is 0 Å². The Bertz CT molecular complexity index is 50.0. The lowest BCUT2D eigenvalue weighted by atomic mass is 10.6. The van der Waals surface area contributed by atoms with E-state index in [4.69, 9.17) is 0 Å². The molecule has 0 amide bonds. The molecule has 0 aliphatic rings. The molecule has 0 aromatic rings. The van der Waals surface area contributed by atoms with Crippen molar-refractivity contribution < 1.29 is 0 Å². The van der Waals surface area contributed by atoms with Crippen molar-refractivity contribution in [3.8, 4) is 0 Å². The van der Waals surface area contributed by atoms with E-state index in [9.17, 15) is 0 Å². The van der Waals surface area contributed by atoms with Crippen molar-refractivity contribution in [1.82, 2.24) is 7.00 Å². The van der Waals surface area contributed by atoms with Gasteiger partial charge in [0.05, 0.1) is 0 Å². The predicted molar refractivity (Wildman–Crippen MR) is 47.8 cm³/mol. The normalized spacial score (nSPS) is 11.1. The Morgan fingerprint density at radius 3 is 2.00 bits per heavy atom. The maximum atomic E-state index is 2.34. The van der Waals surface area contributed by atoms with Gasteiger partial charge in [-0.3, -0.25) is 0 Å². The highest BCUT2D eigenvalue weighted by molar-refractivity contribution is 14.1. The van der Waals surface area contributed by atoms with Gasteiger partial charge >= 0.3 is 16.5 Å². The second-order valence-corrected chi connectivity index (χ2v) is 6.68. The van der Waals surface area contributed by atoms with Crippen LogP contribution in [-0.2, 0) is 0 Å². The van der Waals surface area contributed by atoms with Crippen LogP contribution in [0.2, 0.25) is 0 Å². The lowest BCUT2D eigenvalue weighted by Gasteiger charge is -2.12. The maximum Gasteiger partial charge on any atom is 0.335 e. The van der Waals surface area contributed by atoms with Gasteiger partial charge < -0.3 is 7.00 Å². The van der Waals surface area contributed by atoms with Crippen LogP contribution < -0.4 is 0 Å². The van der Waals surface area contributed by atoms with Gasteiger partial charge in [0.1, 0.15) is 0 Å². The molecule has 0 spiro atoms. The molecule has 2 nitrogen and oxygen atoms in total. The summed E-state index contributed by atoms with van der Waals surface area (Å²) in [7, 11) is 4.20. The van der Waals surface area contributed by atoms with Gasteiger partial charge in [0.2, 0.25) is 0 Å². The fourth-order valence-electron chi connectivity index (χ4n) is 0.338. The highest BCUT2D eigenvalue weighted by Gasteiger charge is 1.90. The second kappa shape index (κ2) is 5.01. The van der Waals surface area contributed by atoms with Crippen LogP contribution in [0.25, 0.3) is 0 Å². The smallest absolute Gasteiger partial charge is 0.334 e. The fraction of sp³-hybridized carbons (Fsp3) is 1.00. The van der Waals surface area contributed by atoms with Crippen LogP contribution >= 0.6 is 22.9 Å². The minimum Gasteiger partial charge on any atom is -0.334 e. The summed E-state index contributed by atoms with van der Waals surface area (Å²) in [5, 5.41) is 0. The van der Waals surface area contributed by atoms with Gasteiger partial charge in [0.15, 0.2) is 0 Å². The Labute approximate surface area is 73.4 Å². The van der Waals surface area contributed by atoms with Gasteiger partial charge in [-0.1, -0.05) is 0 Å². The van der Waals surface area contributed by atoms with Crippen molar-refractivity contribution >= 4 is 39.4 Å². The first-order valence-electron chi connectivity index (χ1n) is 2.64. The Kier molecular flexibility index (Phi) is 5.75. The lowest BCUT2D eigenvalue weighted by Crippen LogP contribution is -2.23. The zero-order valence-electron chi connectivity index (χ0n) is 5.69. The van der Waals surface area contributed by atoms with Crippen molar-refractivity contribution in [2.24, 2.45) is 0 Å². The maximum absolute atomic E-state index is 2.34. The molecule has 0 fully saturated rings. The van der Waals surface area contributed by atoms with E-state index < -0.39 is 0 Å². The van der Waals surface area contributed by atoms with E-state index in [2.05, 4.69) is 44.0 Å². The molecular weight excluding hydrogens is 230 g/mol. The Morgan fingerprint density at radius 2 is 1.88 bits per heavy atom. The van der Waals surface area contributed by atoms with Crippen molar-refractivity contribution in [1.29, 1.82) is 0 Å².